The number of aliphatic hydroxyl groups is 1. The molecule has 0 aromatic heterocycles. The molecule has 1 aliphatic rings. The van der Waals surface area contributed by atoms with Crippen LogP contribution in [-0.2, 0) is 0 Å². The van der Waals surface area contributed by atoms with E-state index in [1.54, 1.807) is 0 Å². The number of nitrogens with one attached hydrogen (secondary N) is 1. The molecule has 14 heavy (non-hydrogen) atoms. The first-order chi connectivity index (χ1) is 6.76. The van der Waals surface area contributed by atoms with Gasteiger partial charge in [-0.1, -0.05) is 13.8 Å². The Labute approximate surface area is 87.5 Å². The van der Waals surface area contributed by atoms with Crippen molar-refractivity contribution < 1.29 is 5.11 Å². The first-order valence-electron chi connectivity index (χ1n) is 5.82. The fourth-order valence-corrected chi connectivity index (χ4v) is 1.89. The van der Waals surface area contributed by atoms with Crippen molar-refractivity contribution >= 4 is 0 Å². The average molecular weight is 200 g/mol. The fourth-order valence-electron chi connectivity index (χ4n) is 1.89. The predicted molar refractivity (Wildman–Crippen MR) is 59.4 cm³/mol. The molecule has 1 unspecified atom stereocenters. The lowest BCUT2D eigenvalue weighted by atomic mass is 10.0. The molecule has 1 fully saturated rings. The maximum atomic E-state index is 8.90. The van der Waals surface area contributed by atoms with E-state index in [0.29, 0.717) is 18.6 Å². The summed E-state index contributed by atoms with van der Waals surface area (Å²) in [4.78, 5) is 2.49. The summed E-state index contributed by atoms with van der Waals surface area (Å²) in [5.74, 6) is 0.388. The van der Waals surface area contributed by atoms with E-state index in [2.05, 4.69) is 24.1 Å². The first-order valence-corrected chi connectivity index (χ1v) is 5.82. The lowest BCUT2D eigenvalue weighted by Gasteiger charge is -2.32. The maximum absolute atomic E-state index is 8.90. The van der Waals surface area contributed by atoms with Gasteiger partial charge in [0.15, 0.2) is 0 Å². The third-order valence-corrected chi connectivity index (χ3v) is 3.10. The van der Waals surface area contributed by atoms with Crippen LogP contribution < -0.4 is 5.32 Å². The zero-order valence-corrected chi connectivity index (χ0v) is 9.50. The van der Waals surface area contributed by atoms with Gasteiger partial charge in [0, 0.05) is 19.2 Å². The van der Waals surface area contributed by atoms with Crippen LogP contribution >= 0.6 is 0 Å². The summed E-state index contributed by atoms with van der Waals surface area (Å²) in [6.07, 6.45) is 2.51. The molecule has 0 aliphatic carbocycles. The molecule has 0 bridgehead atoms. The van der Waals surface area contributed by atoms with Crippen molar-refractivity contribution in [1.82, 2.24) is 10.2 Å². The van der Waals surface area contributed by atoms with Gasteiger partial charge < -0.3 is 15.3 Å². The second-order valence-corrected chi connectivity index (χ2v) is 4.40. The minimum Gasteiger partial charge on any atom is -0.396 e. The Bertz CT molecular complexity index is 144. The van der Waals surface area contributed by atoms with E-state index >= 15 is 0 Å². The second kappa shape index (κ2) is 6.38. The summed E-state index contributed by atoms with van der Waals surface area (Å²) < 4.78 is 0. The van der Waals surface area contributed by atoms with E-state index in [4.69, 9.17) is 5.11 Å². The topological polar surface area (TPSA) is 35.5 Å². The minimum absolute atomic E-state index is 0.292. The Kier molecular flexibility index (Phi) is 5.45. The maximum Gasteiger partial charge on any atom is 0.0468 e. The molecule has 0 saturated carbocycles. The molecule has 0 aromatic carbocycles. The minimum atomic E-state index is 0.292. The fraction of sp³-hybridized carbons (Fsp3) is 1.00. The first kappa shape index (κ1) is 12.0. The molecule has 3 nitrogen and oxygen atoms in total. The van der Waals surface area contributed by atoms with Gasteiger partial charge in [-0.2, -0.15) is 0 Å². The van der Waals surface area contributed by atoms with Crippen LogP contribution in [0.3, 0.4) is 0 Å². The molecule has 1 atom stereocenters. The van der Waals surface area contributed by atoms with Crippen LogP contribution in [0.1, 0.15) is 26.7 Å². The highest BCUT2D eigenvalue weighted by atomic mass is 16.3. The summed E-state index contributed by atoms with van der Waals surface area (Å²) in [6, 6.07) is 0.673. The Hall–Kier alpha value is -0.120. The van der Waals surface area contributed by atoms with Gasteiger partial charge in [0.1, 0.15) is 0 Å². The number of aliphatic hydroxyl groups excluding tert-OH is 1. The Morgan fingerprint density at radius 2 is 2.07 bits per heavy atom. The van der Waals surface area contributed by atoms with Crippen LogP contribution in [0.15, 0.2) is 0 Å². The number of nitrogens with zero attached hydrogens (tertiary/aromatic N) is 1. The Balaban J connectivity index is 2.10. The van der Waals surface area contributed by atoms with Gasteiger partial charge in [0.25, 0.3) is 0 Å². The standard InChI is InChI=1S/C11H24N2O/c1-3-13-6-4-11(5-7-13)12-8-10(2)9-14/h10-12,14H,3-9H2,1-2H3. The van der Waals surface area contributed by atoms with E-state index in [1.807, 2.05) is 0 Å². The Morgan fingerprint density at radius 1 is 1.43 bits per heavy atom. The van der Waals surface area contributed by atoms with Crippen LogP contribution in [-0.4, -0.2) is 48.8 Å². The van der Waals surface area contributed by atoms with Gasteiger partial charge >= 0.3 is 0 Å². The van der Waals surface area contributed by atoms with Crippen molar-refractivity contribution in [3.63, 3.8) is 0 Å². The summed E-state index contributed by atoms with van der Waals surface area (Å²) in [5.41, 5.74) is 0. The molecule has 1 rings (SSSR count). The van der Waals surface area contributed by atoms with Crippen LogP contribution in [0.5, 0.6) is 0 Å². The molecule has 0 radical (unpaired) electrons. The SMILES string of the molecule is CCN1CCC(NCC(C)CO)CC1. The van der Waals surface area contributed by atoms with E-state index in [1.165, 1.54) is 32.5 Å². The van der Waals surface area contributed by atoms with Crippen LogP contribution in [0.4, 0.5) is 0 Å². The summed E-state index contributed by atoms with van der Waals surface area (Å²) >= 11 is 0. The van der Waals surface area contributed by atoms with Crippen molar-refractivity contribution in [2.24, 2.45) is 5.92 Å². The van der Waals surface area contributed by atoms with Crippen molar-refractivity contribution in [2.75, 3.05) is 32.8 Å². The molecule has 0 spiro atoms. The molecule has 3 heteroatoms. The molecule has 2 N–H and O–H groups in total. The molecule has 0 aromatic rings. The predicted octanol–water partition coefficient (Wildman–Crippen LogP) is 0.689. The van der Waals surface area contributed by atoms with Crippen molar-refractivity contribution in [2.45, 2.75) is 32.7 Å². The third kappa shape index (κ3) is 3.95. The zero-order valence-electron chi connectivity index (χ0n) is 9.50. The van der Waals surface area contributed by atoms with Gasteiger partial charge in [0.05, 0.1) is 0 Å². The van der Waals surface area contributed by atoms with Crippen LogP contribution in [0.2, 0.25) is 0 Å². The smallest absolute Gasteiger partial charge is 0.0468 e. The lowest BCUT2D eigenvalue weighted by Crippen LogP contribution is -2.43. The average Bonchev–Trinajstić information content (AvgIpc) is 2.26. The highest BCUT2D eigenvalue weighted by molar-refractivity contribution is 4.76. The number of piperidine rings is 1. The zero-order chi connectivity index (χ0) is 10.4. The molecule has 0 amide bonds. The number of hydrogen-bond acceptors (Lipinski definition) is 3. The van der Waals surface area contributed by atoms with E-state index in [-0.39, 0.29) is 0 Å². The van der Waals surface area contributed by atoms with Crippen molar-refractivity contribution in [3.05, 3.63) is 0 Å². The van der Waals surface area contributed by atoms with Gasteiger partial charge in [-0.25, -0.2) is 0 Å². The quantitative estimate of drug-likeness (QED) is 0.685. The van der Waals surface area contributed by atoms with Gasteiger partial charge in [-0.3, -0.25) is 0 Å². The highest BCUT2D eigenvalue weighted by Crippen LogP contribution is 2.09. The molecule has 1 saturated heterocycles. The number of likely N-dealkylation sites (tertiary alicyclic amines) is 1. The lowest BCUT2D eigenvalue weighted by molar-refractivity contribution is 0.191. The van der Waals surface area contributed by atoms with E-state index in [0.717, 1.165) is 6.54 Å². The monoisotopic (exact) mass is 200 g/mol. The normalized spacial score (nSPS) is 22.5. The Morgan fingerprint density at radius 3 is 2.57 bits per heavy atom. The molecular formula is C11H24N2O. The van der Waals surface area contributed by atoms with Crippen LogP contribution in [0.25, 0.3) is 0 Å². The molecule has 1 aliphatic heterocycles. The van der Waals surface area contributed by atoms with Gasteiger partial charge in [0.2, 0.25) is 0 Å². The van der Waals surface area contributed by atoms with E-state index in [9.17, 15) is 0 Å². The second-order valence-electron chi connectivity index (χ2n) is 4.40. The number of rotatable bonds is 5. The third-order valence-electron chi connectivity index (χ3n) is 3.10. The van der Waals surface area contributed by atoms with Crippen molar-refractivity contribution in [3.8, 4) is 0 Å². The largest absolute Gasteiger partial charge is 0.396 e. The van der Waals surface area contributed by atoms with Gasteiger partial charge in [-0.15, -0.1) is 0 Å². The summed E-state index contributed by atoms with van der Waals surface area (Å²) in [7, 11) is 0. The van der Waals surface area contributed by atoms with E-state index < -0.39 is 0 Å². The highest BCUT2D eigenvalue weighted by Gasteiger charge is 2.17. The molecule has 1 heterocycles. The van der Waals surface area contributed by atoms with Crippen molar-refractivity contribution in [1.29, 1.82) is 0 Å². The van der Waals surface area contributed by atoms with Gasteiger partial charge in [-0.05, 0) is 38.4 Å². The molecular weight excluding hydrogens is 176 g/mol. The number of hydrogen-bond donors (Lipinski definition) is 2. The summed E-state index contributed by atoms with van der Waals surface area (Å²) in [6.45, 7) is 9.17. The molecule has 84 valence electrons. The summed E-state index contributed by atoms with van der Waals surface area (Å²) in [5, 5.41) is 12.4. The van der Waals surface area contributed by atoms with Crippen LogP contribution in [0, 0.1) is 5.92 Å².